The van der Waals surface area contributed by atoms with Crippen molar-refractivity contribution < 1.29 is 14.8 Å². The van der Waals surface area contributed by atoms with E-state index in [0.29, 0.717) is 5.02 Å². The first kappa shape index (κ1) is 12.5. The van der Waals surface area contributed by atoms with Crippen molar-refractivity contribution in [2.45, 2.75) is 13.5 Å². The van der Waals surface area contributed by atoms with Gasteiger partial charge < -0.3 is 5.32 Å². The number of hydroxylamine groups is 1. The van der Waals surface area contributed by atoms with Gasteiger partial charge in [0.05, 0.1) is 0 Å². The van der Waals surface area contributed by atoms with E-state index in [-0.39, 0.29) is 6.54 Å². The molecule has 0 aliphatic rings. The van der Waals surface area contributed by atoms with E-state index >= 15 is 0 Å². The highest BCUT2D eigenvalue weighted by molar-refractivity contribution is 6.34. The average Bonchev–Trinajstić information content (AvgIpc) is 2.26. The summed E-state index contributed by atoms with van der Waals surface area (Å²) in [5.74, 6) is -1.98. The molecule has 6 heteroatoms. The molecule has 1 rings (SSSR count). The minimum Gasteiger partial charge on any atom is -0.344 e. The fraction of sp³-hybridized carbons (Fsp3) is 0.200. The molecule has 16 heavy (non-hydrogen) atoms. The Balaban J connectivity index is 2.61. The number of carbonyl (C=O) groups is 2. The maximum Gasteiger partial charge on any atom is 0.332 e. The van der Waals surface area contributed by atoms with Crippen molar-refractivity contribution in [3.8, 4) is 0 Å². The van der Waals surface area contributed by atoms with Crippen LogP contribution in [0.2, 0.25) is 5.02 Å². The SMILES string of the molecule is Cc1cc(Cl)ccc1CNC(=O)C(=O)NO. The molecule has 0 heterocycles. The minimum atomic E-state index is -1.09. The van der Waals surface area contributed by atoms with Crippen molar-refractivity contribution >= 4 is 23.4 Å². The molecule has 5 nitrogen and oxygen atoms in total. The van der Waals surface area contributed by atoms with Crippen LogP contribution in [0.25, 0.3) is 0 Å². The molecule has 1 aromatic rings. The monoisotopic (exact) mass is 242 g/mol. The third-order valence-corrected chi connectivity index (χ3v) is 2.29. The molecule has 0 atom stereocenters. The molecule has 0 aromatic heterocycles. The summed E-state index contributed by atoms with van der Waals surface area (Å²) < 4.78 is 0. The van der Waals surface area contributed by atoms with E-state index in [1.54, 1.807) is 18.2 Å². The van der Waals surface area contributed by atoms with Gasteiger partial charge in [-0.3, -0.25) is 14.8 Å². The van der Waals surface area contributed by atoms with Gasteiger partial charge in [-0.1, -0.05) is 17.7 Å². The molecule has 0 saturated heterocycles. The summed E-state index contributed by atoms with van der Waals surface area (Å²) in [6.07, 6.45) is 0. The van der Waals surface area contributed by atoms with Crippen LogP contribution in [-0.2, 0) is 16.1 Å². The number of halogens is 1. The number of amides is 2. The van der Waals surface area contributed by atoms with Gasteiger partial charge in [0.1, 0.15) is 0 Å². The highest BCUT2D eigenvalue weighted by Crippen LogP contribution is 2.14. The Bertz CT molecular complexity index is 421. The van der Waals surface area contributed by atoms with Gasteiger partial charge >= 0.3 is 11.8 Å². The molecule has 86 valence electrons. The van der Waals surface area contributed by atoms with Crippen LogP contribution in [-0.4, -0.2) is 17.0 Å². The molecule has 0 spiro atoms. The van der Waals surface area contributed by atoms with Crippen molar-refractivity contribution in [1.29, 1.82) is 0 Å². The van der Waals surface area contributed by atoms with Crippen molar-refractivity contribution in [1.82, 2.24) is 10.8 Å². The largest absolute Gasteiger partial charge is 0.344 e. The number of hydrogen-bond acceptors (Lipinski definition) is 3. The lowest BCUT2D eigenvalue weighted by Gasteiger charge is -2.07. The molecule has 0 bridgehead atoms. The lowest BCUT2D eigenvalue weighted by Crippen LogP contribution is -2.38. The van der Waals surface area contributed by atoms with E-state index in [9.17, 15) is 9.59 Å². The molecule has 0 unspecified atom stereocenters. The van der Waals surface area contributed by atoms with Crippen molar-refractivity contribution in [3.63, 3.8) is 0 Å². The summed E-state index contributed by atoms with van der Waals surface area (Å²) in [6, 6.07) is 5.21. The maximum absolute atomic E-state index is 11.0. The highest BCUT2D eigenvalue weighted by atomic mass is 35.5. The molecule has 1 aromatic carbocycles. The lowest BCUT2D eigenvalue weighted by molar-refractivity contribution is -0.144. The third kappa shape index (κ3) is 3.22. The predicted molar refractivity (Wildman–Crippen MR) is 58.0 cm³/mol. The second-order valence-electron chi connectivity index (χ2n) is 3.19. The Morgan fingerprint density at radius 1 is 1.38 bits per heavy atom. The summed E-state index contributed by atoms with van der Waals surface area (Å²) in [5.41, 5.74) is 3.02. The zero-order valence-corrected chi connectivity index (χ0v) is 9.34. The second kappa shape index (κ2) is 5.48. The highest BCUT2D eigenvalue weighted by Gasteiger charge is 2.11. The molecule has 2 amide bonds. The van der Waals surface area contributed by atoms with E-state index in [0.717, 1.165) is 11.1 Å². The second-order valence-corrected chi connectivity index (χ2v) is 3.63. The van der Waals surface area contributed by atoms with Gasteiger partial charge in [-0.15, -0.1) is 0 Å². The first-order valence-corrected chi connectivity index (χ1v) is 4.89. The summed E-state index contributed by atoms with van der Waals surface area (Å²) in [7, 11) is 0. The summed E-state index contributed by atoms with van der Waals surface area (Å²) >= 11 is 5.77. The van der Waals surface area contributed by atoms with Crippen molar-refractivity contribution in [3.05, 3.63) is 34.3 Å². The number of carbonyl (C=O) groups excluding carboxylic acids is 2. The zero-order valence-electron chi connectivity index (χ0n) is 8.58. The fourth-order valence-corrected chi connectivity index (χ4v) is 1.39. The van der Waals surface area contributed by atoms with E-state index in [4.69, 9.17) is 16.8 Å². The molecule has 0 saturated carbocycles. The van der Waals surface area contributed by atoms with Crippen LogP contribution in [0, 0.1) is 6.92 Å². The predicted octanol–water partition coefficient (Wildman–Crippen LogP) is 0.770. The van der Waals surface area contributed by atoms with E-state index in [2.05, 4.69) is 5.32 Å². The first-order chi connectivity index (χ1) is 7.54. The van der Waals surface area contributed by atoms with Gasteiger partial charge in [-0.25, -0.2) is 5.48 Å². The van der Waals surface area contributed by atoms with Crippen molar-refractivity contribution in [2.24, 2.45) is 0 Å². The minimum absolute atomic E-state index is 0.204. The number of aryl methyl sites for hydroxylation is 1. The van der Waals surface area contributed by atoms with Crippen LogP contribution in [0.15, 0.2) is 18.2 Å². The van der Waals surface area contributed by atoms with Crippen LogP contribution in [0.5, 0.6) is 0 Å². The quantitative estimate of drug-likeness (QED) is 0.407. The Hall–Kier alpha value is -1.59. The molecule has 0 fully saturated rings. The van der Waals surface area contributed by atoms with Gasteiger partial charge in [-0.05, 0) is 30.2 Å². The zero-order chi connectivity index (χ0) is 12.1. The summed E-state index contributed by atoms with van der Waals surface area (Å²) in [6.45, 7) is 2.05. The Morgan fingerprint density at radius 2 is 2.06 bits per heavy atom. The normalized spacial score (nSPS) is 9.69. The molecular weight excluding hydrogens is 232 g/mol. The van der Waals surface area contributed by atoms with E-state index in [1.165, 1.54) is 5.48 Å². The van der Waals surface area contributed by atoms with E-state index < -0.39 is 11.8 Å². The number of hydrogen-bond donors (Lipinski definition) is 3. The lowest BCUT2D eigenvalue weighted by atomic mass is 10.1. The van der Waals surface area contributed by atoms with E-state index in [1.807, 2.05) is 6.92 Å². The average molecular weight is 243 g/mol. The summed E-state index contributed by atoms with van der Waals surface area (Å²) in [5, 5.41) is 11.2. The number of benzene rings is 1. The number of nitrogens with one attached hydrogen (secondary N) is 2. The van der Waals surface area contributed by atoms with Gasteiger partial charge in [0.25, 0.3) is 0 Å². The smallest absolute Gasteiger partial charge is 0.332 e. The molecule has 3 N–H and O–H groups in total. The van der Waals surface area contributed by atoms with Crippen LogP contribution in [0.4, 0.5) is 0 Å². The first-order valence-electron chi connectivity index (χ1n) is 4.52. The molecule has 0 radical (unpaired) electrons. The van der Waals surface area contributed by atoms with Gasteiger partial charge in [-0.2, -0.15) is 0 Å². The van der Waals surface area contributed by atoms with Gasteiger partial charge in [0.2, 0.25) is 0 Å². The summed E-state index contributed by atoms with van der Waals surface area (Å²) in [4.78, 5) is 21.7. The fourth-order valence-electron chi connectivity index (χ4n) is 1.16. The maximum atomic E-state index is 11.0. The van der Waals surface area contributed by atoms with Gasteiger partial charge in [0, 0.05) is 11.6 Å². The Kier molecular flexibility index (Phi) is 4.28. The van der Waals surface area contributed by atoms with Gasteiger partial charge in [0.15, 0.2) is 0 Å². The third-order valence-electron chi connectivity index (χ3n) is 2.05. The van der Waals surface area contributed by atoms with Crippen molar-refractivity contribution in [2.75, 3.05) is 0 Å². The van der Waals surface area contributed by atoms with Crippen LogP contribution >= 0.6 is 11.6 Å². The number of rotatable bonds is 2. The van der Waals surface area contributed by atoms with Crippen LogP contribution in [0.3, 0.4) is 0 Å². The Labute approximate surface area is 97.4 Å². The molecule has 0 aliphatic heterocycles. The van der Waals surface area contributed by atoms with Crippen LogP contribution in [0.1, 0.15) is 11.1 Å². The Morgan fingerprint density at radius 3 is 2.62 bits per heavy atom. The topological polar surface area (TPSA) is 78.4 Å². The standard InChI is InChI=1S/C10H11ClN2O3/c1-6-4-8(11)3-2-7(6)5-12-9(14)10(15)13-16/h2-4,16H,5H2,1H3,(H,12,14)(H,13,15). The molecule has 0 aliphatic carbocycles. The van der Waals surface area contributed by atoms with Crippen LogP contribution < -0.4 is 10.8 Å². The molecular formula is C10H11ClN2O3.